The second-order valence-corrected chi connectivity index (χ2v) is 7.80. The Morgan fingerprint density at radius 3 is 2.94 bits per heavy atom. The highest BCUT2D eigenvalue weighted by Crippen LogP contribution is 2.36. The number of amides is 1. The highest BCUT2D eigenvalue weighted by molar-refractivity contribution is 6.29. The van der Waals surface area contributed by atoms with Gasteiger partial charge in [-0.15, -0.1) is 0 Å². The molecular weight excluding hydrogens is 446 g/mol. The Morgan fingerprint density at radius 1 is 1.41 bits per heavy atom. The number of halogens is 3. The fraction of sp³-hybridized carbons (Fsp3) is 0.300. The summed E-state index contributed by atoms with van der Waals surface area (Å²) in [6.45, 7) is 1.52. The molecule has 0 aromatic carbocycles. The molecule has 12 heteroatoms. The number of fused-ring (bicyclic) bond motifs is 2. The van der Waals surface area contributed by atoms with E-state index in [1.807, 2.05) is 6.07 Å². The first-order valence-electron chi connectivity index (χ1n) is 9.79. The molecule has 4 aromatic heterocycles. The first-order chi connectivity index (χ1) is 15.3. The third-order valence-electron chi connectivity index (χ3n) is 5.35. The maximum Gasteiger partial charge on any atom is 0.292 e. The van der Waals surface area contributed by atoms with E-state index in [-0.39, 0.29) is 12.4 Å². The van der Waals surface area contributed by atoms with Gasteiger partial charge in [-0.25, -0.2) is 23.3 Å². The summed E-state index contributed by atoms with van der Waals surface area (Å²) >= 11 is 6.24. The van der Waals surface area contributed by atoms with Gasteiger partial charge in [0.1, 0.15) is 17.3 Å². The molecule has 166 valence electrons. The molecule has 1 aliphatic heterocycles. The molecule has 5 rings (SSSR count). The Bertz CT molecular complexity index is 1310. The van der Waals surface area contributed by atoms with Crippen molar-refractivity contribution in [2.45, 2.75) is 31.9 Å². The Morgan fingerprint density at radius 2 is 2.22 bits per heavy atom. The number of rotatable bonds is 4. The summed E-state index contributed by atoms with van der Waals surface area (Å²) in [4.78, 5) is 25.8. The van der Waals surface area contributed by atoms with Gasteiger partial charge < -0.3 is 19.4 Å². The summed E-state index contributed by atoms with van der Waals surface area (Å²) in [5, 5.41) is 14.6. The number of carbonyl (C=O) groups excluding carboxylic acids is 1. The fourth-order valence-electron chi connectivity index (χ4n) is 3.89. The van der Waals surface area contributed by atoms with Crippen LogP contribution in [0.1, 0.15) is 64.7 Å². The minimum atomic E-state index is -3.05. The number of H-pyrrole nitrogens is 1. The molecule has 2 N–H and O–H groups in total. The van der Waals surface area contributed by atoms with Gasteiger partial charge in [-0.3, -0.25) is 4.79 Å². The number of carbonyl (C=O) groups is 1. The monoisotopic (exact) mass is 462 g/mol. The van der Waals surface area contributed by atoms with Crippen LogP contribution in [0, 0.1) is 0 Å². The molecule has 0 fully saturated rings. The second kappa shape index (κ2) is 7.68. The van der Waals surface area contributed by atoms with Crippen molar-refractivity contribution < 1.29 is 23.1 Å². The minimum absolute atomic E-state index is 0.202. The van der Waals surface area contributed by atoms with Crippen LogP contribution in [-0.2, 0) is 6.42 Å². The van der Waals surface area contributed by atoms with Gasteiger partial charge in [0.25, 0.3) is 12.3 Å². The number of nitrogens with one attached hydrogen (secondary N) is 1. The van der Waals surface area contributed by atoms with Crippen molar-refractivity contribution in [3.63, 3.8) is 0 Å². The largest absolute Gasteiger partial charge is 0.432 e. The molecule has 5 heterocycles. The summed E-state index contributed by atoms with van der Waals surface area (Å²) in [7, 11) is 0. The van der Waals surface area contributed by atoms with Crippen molar-refractivity contribution in [2.24, 2.45) is 0 Å². The lowest BCUT2D eigenvalue weighted by atomic mass is 9.99. The van der Waals surface area contributed by atoms with E-state index < -0.39 is 35.9 Å². The van der Waals surface area contributed by atoms with E-state index in [2.05, 4.69) is 20.1 Å². The standard InChI is InChI=1S/C20H17ClF2N6O3/c1-9(30)19-26-15(18(22)23)17(32-19)20(31)28-6-5-11-14(25-8-24-11)16(28)12-7-10-3-2-4-13(21)29(10)27-12/h2-4,7-9,16,18,30H,5-6H2,1H3,(H,24,25)/t9-,16+/m0/s1. The van der Waals surface area contributed by atoms with E-state index in [1.54, 1.807) is 18.2 Å². The zero-order valence-electron chi connectivity index (χ0n) is 16.7. The molecule has 0 saturated carbocycles. The molecular formula is C20H17ClF2N6O3. The molecule has 32 heavy (non-hydrogen) atoms. The number of aliphatic hydroxyl groups is 1. The van der Waals surface area contributed by atoms with Crippen molar-refractivity contribution in [3.05, 3.63) is 70.2 Å². The summed E-state index contributed by atoms with van der Waals surface area (Å²) < 4.78 is 34.0. The van der Waals surface area contributed by atoms with Crippen LogP contribution in [0.2, 0.25) is 5.15 Å². The van der Waals surface area contributed by atoms with E-state index >= 15 is 0 Å². The van der Waals surface area contributed by atoms with Crippen LogP contribution < -0.4 is 0 Å². The van der Waals surface area contributed by atoms with Crippen molar-refractivity contribution in [1.29, 1.82) is 0 Å². The van der Waals surface area contributed by atoms with Gasteiger partial charge >= 0.3 is 0 Å². The minimum Gasteiger partial charge on any atom is -0.432 e. The normalized spacial score (nSPS) is 17.2. The molecule has 0 radical (unpaired) electrons. The van der Waals surface area contributed by atoms with Crippen LogP contribution in [-0.4, -0.2) is 47.0 Å². The number of pyridine rings is 1. The Labute approximate surface area is 184 Å². The predicted octanol–water partition coefficient (Wildman–Crippen LogP) is 3.48. The van der Waals surface area contributed by atoms with Gasteiger partial charge in [-0.05, 0) is 25.1 Å². The number of imidazole rings is 1. The van der Waals surface area contributed by atoms with Gasteiger partial charge in [0.2, 0.25) is 11.7 Å². The number of hydrogen-bond acceptors (Lipinski definition) is 6. The van der Waals surface area contributed by atoms with Crippen LogP contribution in [0.5, 0.6) is 0 Å². The quantitative estimate of drug-likeness (QED) is 0.449. The zero-order valence-corrected chi connectivity index (χ0v) is 17.4. The van der Waals surface area contributed by atoms with E-state index in [9.17, 15) is 18.7 Å². The molecule has 1 aliphatic rings. The average molecular weight is 463 g/mol. The lowest BCUT2D eigenvalue weighted by Gasteiger charge is -2.33. The Hall–Kier alpha value is -3.31. The van der Waals surface area contributed by atoms with Crippen LogP contribution in [0.4, 0.5) is 8.78 Å². The van der Waals surface area contributed by atoms with E-state index in [1.165, 1.54) is 22.7 Å². The Kier molecular flexibility index (Phi) is 4.94. The van der Waals surface area contributed by atoms with Crippen molar-refractivity contribution >= 4 is 23.0 Å². The molecule has 0 saturated heterocycles. The fourth-order valence-corrected chi connectivity index (χ4v) is 4.10. The number of aliphatic hydroxyl groups excluding tert-OH is 1. The predicted molar refractivity (Wildman–Crippen MR) is 107 cm³/mol. The topological polar surface area (TPSA) is 113 Å². The molecule has 4 aromatic rings. The Balaban J connectivity index is 1.63. The number of hydrogen-bond donors (Lipinski definition) is 2. The molecule has 2 atom stereocenters. The summed E-state index contributed by atoms with van der Waals surface area (Å²) in [6.07, 6.45) is -2.35. The summed E-state index contributed by atoms with van der Waals surface area (Å²) in [5.41, 5.74) is 1.73. The maximum absolute atomic E-state index is 13.6. The lowest BCUT2D eigenvalue weighted by Crippen LogP contribution is -2.41. The first kappa shape index (κ1) is 20.6. The third-order valence-corrected chi connectivity index (χ3v) is 5.64. The van der Waals surface area contributed by atoms with E-state index in [4.69, 9.17) is 16.0 Å². The third kappa shape index (κ3) is 3.24. The molecule has 0 spiro atoms. The van der Waals surface area contributed by atoms with Gasteiger partial charge in [0.05, 0.1) is 23.2 Å². The number of alkyl halides is 2. The summed E-state index contributed by atoms with van der Waals surface area (Å²) in [5.74, 6) is -1.75. The van der Waals surface area contributed by atoms with Crippen LogP contribution in [0.25, 0.3) is 5.52 Å². The molecule has 0 bridgehead atoms. The number of nitrogens with zero attached hydrogens (tertiary/aromatic N) is 5. The molecule has 0 aliphatic carbocycles. The van der Waals surface area contributed by atoms with Gasteiger partial charge in [-0.1, -0.05) is 17.7 Å². The number of aromatic nitrogens is 5. The van der Waals surface area contributed by atoms with E-state index in [0.29, 0.717) is 28.5 Å². The van der Waals surface area contributed by atoms with Crippen molar-refractivity contribution in [1.82, 2.24) is 29.5 Å². The molecule has 0 unspecified atom stereocenters. The highest BCUT2D eigenvalue weighted by Gasteiger charge is 2.40. The molecule has 9 nitrogen and oxygen atoms in total. The number of aromatic amines is 1. The van der Waals surface area contributed by atoms with Crippen molar-refractivity contribution in [3.8, 4) is 0 Å². The average Bonchev–Trinajstić information content (AvgIpc) is 3.49. The summed E-state index contributed by atoms with van der Waals surface area (Å²) in [6, 6.07) is 6.25. The van der Waals surface area contributed by atoms with Gasteiger partial charge in [-0.2, -0.15) is 5.10 Å². The first-order valence-corrected chi connectivity index (χ1v) is 10.2. The lowest BCUT2D eigenvalue weighted by molar-refractivity contribution is 0.0631. The van der Waals surface area contributed by atoms with Crippen molar-refractivity contribution in [2.75, 3.05) is 6.54 Å². The van der Waals surface area contributed by atoms with Gasteiger partial charge in [0, 0.05) is 18.7 Å². The second-order valence-electron chi connectivity index (χ2n) is 7.41. The van der Waals surface area contributed by atoms with Crippen LogP contribution in [0.15, 0.2) is 35.0 Å². The van der Waals surface area contributed by atoms with Crippen LogP contribution in [0.3, 0.4) is 0 Å². The number of oxazole rings is 1. The van der Waals surface area contributed by atoms with E-state index in [0.717, 1.165) is 5.69 Å². The smallest absolute Gasteiger partial charge is 0.292 e. The van der Waals surface area contributed by atoms with Crippen LogP contribution >= 0.6 is 11.6 Å². The SMILES string of the molecule is C[C@H](O)c1nc(C(F)F)c(C(=O)N2CCc3[nH]cnc3[C@H]2c2cc3cccc(Cl)n3n2)o1. The zero-order chi connectivity index (χ0) is 22.6. The van der Waals surface area contributed by atoms with Gasteiger partial charge in [0.15, 0.2) is 5.69 Å². The molecule has 1 amide bonds. The maximum atomic E-state index is 13.6. The highest BCUT2D eigenvalue weighted by atomic mass is 35.5.